The summed E-state index contributed by atoms with van der Waals surface area (Å²) < 4.78 is 1.95. The quantitative estimate of drug-likeness (QED) is 0.899. The maximum absolute atomic E-state index is 10.5. The lowest BCUT2D eigenvalue weighted by Gasteiger charge is -2.12. The Morgan fingerprint density at radius 1 is 1.11 bits per heavy atom. The van der Waals surface area contributed by atoms with Crippen LogP contribution in [0.1, 0.15) is 39.3 Å². The number of aromatic hydroxyl groups is 1. The highest BCUT2D eigenvalue weighted by Gasteiger charge is 2.20. The van der Waals surface area contributed by atoms with E-state index in [1.165, 1.54) is 0 Å². The molecule has 0 spiro atoms. The van der Waals surface area contributed by atoms with Crippen molar-refractivity contribution in [2.45, 2.75) is 40.2 Å². The second kappa shape index (κ2) is 5.47. The first kappa shape index (κ1) is 13.7. The Bertz CT molecular complexity index is 541. The fourth-order valence-electron chi connectivity index (χ4n) is 2.31. The van der Waals surface area contributed by atoms with Gasteiger partial charge in [0, 0.05) is 12.1 Å². The average Bonchev–Trinajstić information content (AvgIpc) is 2.66. The van der Waals surface area contributed by atoms with Gasteiger partial charge in [0.1, 0.15) is 5.69 Å². The zero-order valence-corrected chi connectivity index (χ0v) is 12.1. The van der Waals surface area contributed by atoms with Crippen molar-refractivity contribution in [3.63, 3.8) is 0 Å². The van der Waals surface area contributed by atoms with Gasteiger partial charge in [-0.2, -0.15) is 5.10 Å². The molecule has 2 rings (SSSR count). The standard InChI is InChI=1S/C16H22N2O/c1-11(2)10-18-15(12(3)4)16(19)14(17-18)13-8-6-5-7-9-13/h5-9,11-12,19H,10H2,1-4H3. The molecule has 0 saturated carbocycles. The molecule has 3 nitrogen and oxygen atoms in total. The smallest absolute Gasteiger partial charge is 0.165 e. The third-order valence-corrected chi connectivity index (χ3v) is 3.10. The van der Waals surface area contributed by atoms with Crippen LogP contribution in [0, 0.1) is 5.92 Å². The van der Waals surface area contributed by atoms with Crippen LogP contribution in [0.4, 0.5) is 0 Å². The van der Waals surface area contributed by atoms with Gasteiger partial charge in [-0.1, -0.05) is 58.0 Å². The summed E-state index contributed by atoms with van der Waals surface area (Å²) >= 11 is 0. The molecule has 1 N–H and O–H groups in total. The first-order chi connectivity index (χ1) is 9.00. The van der Waals surface area contributed by atoms with Crippen molar-refractivity contribution < 1.29 is 5.11 Å². The summed E-state index contributed by atoms with van der Waals surface area (Å²) in [5.41, 5.74) is 2.57. The lowest BCUT2D eigenvalue weighted by Crippen LogP contribution is -2.10. The van der Waals surface area contributed by atoms with E-state index in [4.69, 9.17) is 0 Å². The van der Waals surface area contributed by atoms with Crippen molar-refractivity contribution >= 4 is 0 Å². The Labute approximate surface area is 114 Å². The summed E-state index contributed by atoms with van der Waals surface area (Å²) in [4.78, 5) is 0. The zero-order chi connectivity index (χ0) is 14.0. The van der Waals surface area contributed by atoms with E-state index in [-0.39, 0.29) is 5.92 Å². The monoisotopic (exact) mass is 258 g/mol. The van der Waals surface area contributed by atoms with Gasteiger partial charge in [-0.3, -0.25) is 4.68 Å². The van der Waals surface area contributed by atoms with Crippen LogP contribution in [0.3, 0.4) is 0 Å². The van der Waals surface area contributed by atoms with Gasteiger partial charge >= 0.3 is 0 Å². The maximum Gasteiger partial charge on any atom is 0.165 e. The molecule has 1 aromatic heterocycles. The molecule has 0 saturated heterocycles. The Balaban J connectivity index is 2.52. The van der Waals surface area contributed by atoms with Gasteiger partial charge in [0.25, 0.3) is 0 Å². The van der Waals surface area contributed by atoms with Crippen molar-refractivity contribution in [2.75, 3.05) is 0 Å². The predicted molar refractivity (Wildman–Crippen MR) is 78.3 cm³/mol. The molecule has 0 fully saturated rings. The van der Waals surface area contributed by atoms with E-state index in [0.717, 1.165) is 17.8 Å². The molecule has 19 heavy (non-hydrogen) atoms. The normalized spacial score (nSPS) is 11.5. The summed E-state index contributed by atoms with van der Waals surface area (Å²) in [7, 11) is 0. The number of nitrogens with zero attached hydrogens (tertiary/aromatic N) is 2. The highest BCUT2D eigenvalue weighted by atomic mass is 16.3. The lowest BCUT2D eigenvalue weighted by atomic mass is 10.1. The molecule has 0 amide bonds. The van der Waals surface area contributed by atoms with Gasteiger partial charge in [0.2, 0.25) is 0 Å². The fraction of sp³-hybridized carbons (Fsp3) is 0.438. The maximum atomic E-state index is 10.5. The molecule has 0 unspecified atom stereocenters. The first-order valence-electron chi connectivity index (χ1n) is 6.85. The molecule has 0 atom stereocenters. The van der Waals surface area contributed by atoms with Crippen molar-refractivity contribution in [1.82, 2.24) is 9.78 Å². The van der Waals surface area contributed by atoms with E-state index in [2.05, 4.69) is 32.8 Å². The van der Waals surface area contributed by atoms with Gasteiger partial charge in [0.05, 0.1) is 5.69 Å². The van der Waals surface area contributed by atoms with Crippen LogP contribution in [-0.4, -0.2) is 14.9 Å². The largest absolute Gasteiger partial charge is 0.504 e. The SMILES string of the molecule is CC(C)Cn1nc(-c2ccccc2)c(O)c1C(C)C. The van der Waals surface area contributed by atoms with E-state index in [9.17, 15) is 5.11 Å². The van der Waals surface area contributed by atoms with Crippen LogP contribution in [0.2, 0.25) is 0 Å². The summed E-state index contributed by atoms with van der Waals surface area (Å²) in [6, 6.07) is 9.85. The minimum Gasteiger partial charge on any atom is -0.504 e. The minimum absolute atomic E-state index is 0.253. The highest BCUT2D eigenvalue weighted by Crippen LogP contribution is 2.35. The van der Waals surface area contributed by atoms with Gasteiger partial charge in [-0.25, -0.2) is 0 Å². The summed E-state index contributed by atoms with van der Waals surface area (Å²) in [6.45, 7) is 9.31. The fourth-order valence-corrected chi connectivity index (χ4v) is 2.31. The molecule has 0 aliphatic carbocycles. The third kappa shape index (κ3) is 2.80. The predicted octanol–water partition coefficient (Wildman–Crippen LogP) is 4.04. The number of hydrogen-bond acceptors (Lipinski definition) is 2. The Morgan fingerprint density at radius 2 is 1.74 bits per heavy atom. The molecule has 0 bridgehead atoms. The second-order valence-corrected chi connectivity index (χ2v) is 5.68. The highest BCUT2D eigenvalue weighted by molar-refractivity contribution is 5.67. The van der Waals surface area contributed by atoms with Crippen LogP contribution in [0.5, 0.6) is 5.75 Å². The van der Waals surface area contributed by atoms with Gasteiger partial charge in [0.15, 0.2) is 5.75 Å². The van der Waals surface area contributed by atoms with Crippen LogP contribution in [0.25, 0.3) is 11.3 Å². The Kier molecular flexibility index (Phi) is 3.93. The summed E-state index contributed by atoms with van der Waals surface area (Å²) in [6.07, 6.45) is 0. The summed E-state index contributed by atoms with van der Waals surface area (Å²) in [5.74, 6) is 1.07. The van der Waals surface area contributed by atoms with Crippen LogP contribution >= 0.6 is 0 Å². The van der Waals surface area contributed by atoms with Gasteiger partial charge in [-0.15, -0.1) is 0 Å². The number of hydrogen-bond donors (Lipinski definition) is 1. The molecular weight excluding hydrogens is 236 g/mol. The molecule has 0 radical (unpaired) electrons. The van der Waals surface area contributed by atoms with Crippen LogP contribution < -0.4 is 0 Å². The molecule has 1 aromatic carbocycles. The van der Waals surface area contributed by atoms with Crippen LogP contribution in [-0.2, 0) is 6.54 Å². The molecule has 3 heteroatoms. The second-order valence-electron chi connectivity index (χ2n) is 5.68. The third-order valence-electron chi connectivity index (χ3n) is 3.10. The average molecular weight is 258 g/mol. The van der Waals surface area contributed by atoms with Crippen molar-refractivity contribution in [1.29, 1.82) is 0 Å². The van der Waals surface area contributed by atoms with Crippen LogP contribution in [0.15, 0.2) is 30.3 Å². The molecule has 0 aliphatic heterocycles. The van der Waals surface area contributed by atoms with Gasteiger partial charge in [-0.05, 0) is 11.8 Å². The van der Waals surface area contributed by atoms with Gasteiger partial charge < -0.3 is 5.11 Å². The number of rotatable bonds is 4. The van der Waals surface area contributed by atoms with E-state index in [1.807, 2.05) is 35.0 Å². The minimum atomic E-state index is 0.253. The molecule has 102 valence electrons. The molecule has 2 aromatic rings. The zero-order valence-electron chi connectivity index (χ0n) is 12.1. The van der Waals surface area contributed by atoms with E-state index < -0.39 is 0 Å². The Morgan fingerprint density at radius 3 is 2.26 bits per heavy atom. The van der Waals surface area contributed by atoms with E-state index >= 15 is 0 Å². The summed E-state index contributed by atoms with van der Waals surface area (Å²) in [5, 5.41) is 15.1. The lowest BCUT2D eigenvalue weighted by molar-refractivity contribution is 0.436. The van der Waals surface area contributed by atoms with Crippen molar-refractivity contribution in [2.24, 2.45) is 5.92 Å². The van der Waals surface area contributed by atoms with E-state index in [0.29, 0.717) is 17.4 Å². The topological polar surface area (TPSA) is 38.0 Å². The van der Waals surface area contributed by atoms with Crippen molar-refractivity contribution in [3.05, 3.63) is 36.0 Å². The number of aromatic nitrogens is 2. The number of benzene rings is 1. The molecule has 1 heterocycles. The Hall–Kier alpha value is -1.77. The molecule has 0 aliphatic rings. The first-order valence-corrected chi connectivity index (χ1v) is 6.85. The van der Waals surface area contributed by atoms with E-state index in [1.54, 1.807) is 0 Å². The molecular formula is C16H22N2O. The van der Waals surface area contributed by atoms with Crippen molar-refractivity contribution in [3.8, 4) is 17.0 Å².